The average molecular weight is 264 g/mol. The second-order valence-electron chi connectivity index (χ2n) is 4.68. The van der Waals surface area contributed by atoms with E-state index < -0.39 is 0 Å². The summed E-state index contributed by atoms with van der Waals surface area (Å²) in [6.45, 7) is 4.04. The van der Waals surface area contributed by atoms with Crippen molar-refractivity contribution < 1.29 is 14.3 Å². The number of hydrogen-bond donors (Lipinski definition) is 1. The highest BCUT2D eigenvalue weighted by atomic mass is 16.5. The minimum Gasteiger partial charge on any atom is -0.496 e. The lowest BCUT2D eigenvalue weighted by molar-refractivity contribution is -0.0168. The van der Waals surface area contributed by atoms with E-state index in [9.17, 15) is 4.79 Å². The maximum absolute atomic E-state index is 12.5. The van der Waals surface area contributed by atoms with Gasteiger partial charge in [-0.1, -0.05) is 11.6 Å². The smallest absolute Gasteiger partial charge is 0.257 e. The van der Waals surface area contributed by atoms with Crippen LogP contribution in [-0.2, 0) is 4.74 Å². The minimum atomic E-state index is -0.0755. The number of rotatable bonds is 3. The number of aryl methyl sites for hydroxylation is 1. The molecular formula is C14H20N2O3. The number of amides is 1. The van der Waals surface area contributed by atoms with Gasteiger partial charge in [-0.3, -0.25) is 4.79 Å². The topological polar surface area (TPSA) is 64.8 Å². The second kappa shape index (κ2) is 6.04. The maximum Gasteiger partial charge on any atom is 0.257 e. The van der Waals surface area contributed by atoms with Crippen LogP contribution >= 0.6 is 0 Å². The van der Waals surface area contributed by atoms with Gasteiger partial charge < -0.3 is 20.1 Å². The number of morpholine rings is 1. The standard InChI is InChI=1S/C14H20N2O3/c1-10-3-4-13(18-2)12(7-10)14(17)16-5-6-19-11(8-15)9-16/h3-4,7,11H,5-6,8-9,15H2,1-2H3. The fourth-order valence-corrected chi connectivity index (χ4v) is 2.21. The number of ether oxygens (including phenoxy) is 2. The lowest BCUT2D eigenvalue weighted by Crippen LogP contribution is -2.48. The van der Waals surface area contributed by atoms with Crippen LogP contribution in [0.2, 0.25) is 0 Å². The summed E-state index contributed by atoms with van der Waals surface area (Å²) < 4.78 is 10.7. The molecule has 0 spiro atoms. The van der Waals surface area contributed by atoms with Gasteiger partial charge >= 0.3 is 0 Å². The molecule has 1 heterocycles. The third-order valence-electron chi connectivity index (χ3n) is 3.27. The molecule has 19 heavy (non-hydrogen) atoms. The molecule has 5 heteroatoms. The SMILES string of the molecule is COc1ccc(C)cc1C(=O)N1CCOC(CN)C1. The van der Waals surface area contributed by atoms with Crippen LogP contribution in [0.5, 0.6) is 5.75 Å². The molecule has 0 aromatic heterocycles. The monoisotopic (exact) mass is 264 g/mol. The van der Waals surface area contributed by atoms with E-state index in [0.29, 0.717) is 37.6 Å². The Kier molecular flexibility index (Phi) is 4.39. The van der Waals surface area contributed by atoms with E-state index in [1.54, 1.807) is 12.0 Å². The first-order chi connectivity index (χ1) is 9.15. The Labute approximate surface area is 113 Å². The predicted octanol–water partition coefficient (Wildman–Crippen LogP) is 0.803. The molecule has 1 unspecified atom stereocenters. The van der Waals surface area contributed by atoms with Gasteiger partial charge in [0.15, 0.2) is 0 Å². The molecule has 5 nitrogen and oxygen atoms in total. The van der Waals surface area contributed by atoms with Crippen molar-refractivity contribution in [1.29, 1.82) is 0 Å². The van der Waals surface area contributed by atoms with E-state index in [1.165, 1.54) is 0 Å². The average Bonchev–Trinajstić information content (AvgIpc) is 2.46. The maximum atomic E-state index is 12.5. The number of benzene rings is 1. The van der Waals surface area contributed by atoms with Crippen LogP contribution in [0.3, 0.4) is 0 Å². The van der Waals surface area contributed by atoms with Gasteiger partial charge in [-0.2, -0.15) is 0 Å². The van der Waals surface area contributed by atoms with Crippen molar-refractivity contribution in [1.82, 2.24) is 4.90 Å². The van der Waals surface area contributed by atoms with Crippen LogP contribution in [0.25, 0.3) is 0 Å². The van der Waals surface area contributed by atoms with E-state index in [2.05, 4.69) is 0 Å². The summed E-state index contributed by atoms with van der Waals surface area (Å²) in [7, 11) is 1.57. The van der Waals surface area contributed by atoms with Crippen molar-refractivity contribution in [2.45, 2.75) is 13.0 Å². The summed E-state index contributed by atoms with van der Waals surface area (Å²) >= 11 is 0. The second-order valence-corrected chi connectivity index (χ2v) is 4.68. The first-order valence-corrected chi connectivity index (χ1v) is 6.41. The molecule has 0 radical (unpaired) electrons. The molecular weight excluding hydrogens is 244 g/mol. The number of carbonyl (C=O) groups is 1. The summed E-state index contributed by atoms with van der Waals surface area (Å²) in [5, 5.41) is 0. The summed E-state index contributed by atoms with van der Waals surface area (Å²) in [5.41, 5.74) is 7.23. The quantitative estimate of drug-likeness (QED) is 0.877. The third-order valence-corrected chi connectivity index (χ3v) is 3.27. The number of nitrogens with two attached hydrogens (primary N) is 1. The number of methoxy groups -OCH3 is 1. The summed E-state index contributed by atoms with van der Waals surface area (Å²) in [5.74, 6) is 0.577. The Morgan fingerprint density at radius 2 is 2.37 bits per heavy atom. The summed E-state index contributed by atoms with van der Waals surface area (Å²) in [6, 6.07) is 5.61. The van der Waals surface area contributed by atoms with Crippen LogP contribution < -0.4 is 10.5 Å². The normalized spacial score (nSPS) is 19.3. The molecule has 1 aromatic rings. The first kappa shape index (κ1) is 13.8. The van der Waals surface area contributed by atoms with Crippen molar-refractivity contribution in [2.24, 2.45) is 5.73 Å². The molecule has 1 saturated heterocycles. The number of carbonyl (C=O) groups excluding carboxylic acids is 1. The Morgan fingerprint density at radius 1 is 1.58 bits per heavy atom. The van der Waals surface area contributed by atoms with Crippen molar-refractivity contribution in [2.75, 3.05) is 33.4 Å². The van der Waals surface area contributed by atoms with Crippen LogP contribution in [0.15, 0.2) is 18.2 Å². The Balaban J connectivity index is 2.21. The van der Waals surface area contributed by atoms with Crippen molar-refractivity contribution in [3.63, 3.8) is 0 Å². The Hall–Kier alpha value is -1.59. The highest BCUT2D eigenvalue weighted by Gasteiger charge is 2.26. The van der Waals surface area contributed by atoms with Gasteiger partial charge in [0.2, 0.25) is 0 Å². The molecule has 0 bridgehead atoms. The molecule has 1 amide bonds. The predicted molar refractivity (Wildman–Crippen MR) is 72.4 cm³/mol. The van der Waals surface area contributed by atoms with E-state index >= 15 is 0 Å². The molecule has 1 atom stereocenters. The zero-order valence-electron chi connectivity index (χ0n) is 11.4. The van der Waals surface area contributed by atoms with Crippen molar-refractivity contribution >= 4 is 5.91 Å². The summed E-state index contributed by atoms with van der Waals surface area (Å²) in [4.78, 5) is 14.3. The highest BCUT2D eigenvalue weighted by Crippen LogP contribution is 2.22. The zero-order valence-corrected chi connectivity index (χ0v) is 11.4. The van der Waals surface area contributed by atoms with Crippen LogP contribution in [0.1, 0.15) is 15.9 Å². The molecule has 1 aromatic carbocycles. The largest absolute Gasteiger partial charge is 0.496 e. The fourth-order valence-electron chi connectivity index (χ4n) is 2.21. The first-order valence-electron chi connectivity index (χ1n) is 6.41. The van der Waals surface area contributed by atoms with E-state index in [0.717, 1.165) is 5.56 Å². The molecule has 2 rings (SSSR count). The van der Waals surface area contributed by atoms with Gasteiger partial charge in [0.1, 0.15) is 5.75 Å². The Morgan fingerprint density at radius 3 is 3.05 bits per heavy atom. The van der Waals surface area contributed by atoms with E-state index in [1.807, 2.05) is 25.1 Å². The van der Waals surface area contributed by atoms with Gasteiger partial charge in [-0.05, 0) is 19.1 Å². The molecule has 0 saturated carbocycles. The van der Waals surface area contributed by atoms with Crippen LogP contribution in [-0.4, -0.2) is 50.3 Å². The summed E-state index contributed by atoms with van der Waals surface area (Å²) in [6.07, 6.45) is -0.0755. The van der Waals surface area contributed by atoms with Crippen LogP contribution in [0.4, 0.5) is 0 Å². The van der Waals surface area contributed by atoms with Crippen molar-refractivity contribution in [3.8, 4) is 5.75 Å². The van der Waals surface area contributed by atoms with E-state index in [4.69, 9.17) is 15.2 Å². The molecule has 104 valence electrons. The highest BCUT2D eigenvalue weighted by molar-refractivity contribution is 5.97. The van der Waals surface area contributed by atoms with Gasteiger partial charge in [0, 0.05) is 19.6 Å². The van der Waals surface area contributed by atoms with Gasteiger partial charge in [0.25, 0.3) is 5.91 Å². The zero-order chi connectivity index (χ0) is 13.8. The number of hydrogen-bond acceptors (Lipinski definition) is 4. The lowest BCUT2D eigenvalue weighted by Gasteiger charge is -2.32. The van der Waals surface area contributed by atoms with Gasteiger partial charge in [0.05, 0.1) is 25.4 Å². The fraction of sp³-hybridized carbons (Fsp3) is 0.500. The van der Waals surface area contributed by atoms with E-state index in [-0.39, 0.29) is 12.0 Å². The van der Waals surface area contributed by atoms with Crippen LogP contribution in [0, 0.1) is 6.92 Å². The molecule has 1 aliphatic heterocycles. The lowest BCUT2D eigenvalue weighted by atomic mass is 10.1. The van der Waals surface area contributed by atoms with Gasteiger partial charge in [-0.15, -0.1) is 0 Å². The molecule has 1 aliphatic rings. The number of nitrogens with zero attached hydrogens (tertiary/aromatic N) is 1. The minimum absolute atomic E-state index is 0.0256. The molecule has 1 fully saturated rings. The Bertz CT molecular complexity index is 462. The molecule has 0 aliphatic carbocycles. The van der Waals surface area contributed by atoms with Gasteiger partial charge in [-0.25, -0.2) is 0 Å². The molecule has 2 N–H and O–H groups in total. The third kappa shape index (κ3) is 3.05. The van der Waals surface area contributed by atoms with Crippen molar-refractivity contribution in [3.05, 3.63) is 29.3 Å².